The Morgan fingerprint density at radius 2 is 1.52 bits per heavy atom. The van der Waals surface area contributed by atoms with E-state index in [1.54, 1.807) is 0 Å². The van der Waals surface area contributed by atoms with E-state index in [4.69, 9.17) is 32.5 Å². The second-order valence-corrected chi connectivity index (χ2v) is 8.13. The van der Waals surface area contributed by atoms with Crippen molar-refractivity contribution in [3.05, 3.63) is 52.5 Å². The lowest BCUT2D eigenvalue weighted by Gasteiger charge is -2.27. The Morgan fingerprint density at radius 1 is 0.852 bits per heavy atom. The van der Waals surface area contributed by atoms with E-state index in [2.05, 4.69) is 31.2 Å². The second kappa shape index (κ2) is 10.5. The van der Waals surface area contributed by atoms with Gasteiger partial charge in [0, 0.05) is 19.1 Å². The van der Waals surface area contributed by atoms with Crippen LogP contribution in [0.1, 0.15) is 45.4 Å². The number of rotatable bonds is 8. The minimum Gasteiger partial charge on any atom is -0.407 e. The van der Waals surface area contributed by atoms with Crippen molar-refractivity contribution in [2.75, 3.05) is 13.2 Å². The van der Waals surface area contributed by atoms with Crippen LogP contribution >= 0.6 is 23.2 Å². The normalized spacial score (nSPS) is 15.3. The molecule has 144 valence electrons. The van der Waals surface area contributed by atoms with Gasteiger partial charge in [-0.2, -0.15) is 0 Å². The van der Waals surface area contributed by atoms with Crippen LogP contribution in [0.25, 0.3) is 11.1 Å². The average molecular weight is 405 g/mol. The van der Waals surface area contributed by atoms with Gasteiger partial charge in [-0.3, -0.25) is 0 Å². The molecule has 0 aliphatic carbocycles. The molecule has 0 radical (unpaired) electrons. The lowest BCUT2D eigenvalue weighted by Crippen LogP contribution is -2.44. The quantitative estimate of drug-likeness (QED) is 0.375. The highest BCUT2D eigenvalue weighted by molar-refractivity contribution is 6.61. The number of unbranched alkanes of at least 4 members (excludes halogenated alkanes) is 4. The smallest absolute Gasteiger partial charge is 0.407 e. The van der Waals surface area contributed by atoms with Gasteiger partial charge in [-0.25, -0.2) is 0 Å². The van der Waals surface area contributed by atoms with Crippen LogP contribution in [0.4, 0.5) is 0 Å². The number of benzene rings is 2. The highest BCUT2D eigenvalue weighted by Crippen LogP contribution is 2.28. The molecular weight excluding hydrogens is 378 g/mol. The topological polar surface area (TPSA) is 18.5 Å². The van der Waals surface area contributed by atoms with Gasteiger partial charge in [-0.05, 0) is 35.1 Å². The molecule has 0 spiro atoms. The molecule has 0 saturated carbocycles. The van der Waals surface area contributed by atoms with Gasteiger partial charge in [-0.15, -0.1) is 0 Å². The minimum absolute atomic E-state index is 0.260. The minimum atomic E-state index is -0.260. The zero-order chi connectivity index (χ0) is 19.1. The maximum absolute atomic E-state index is 6.12. The average Bonchev–Trinajstić information content (AvgIpc) is 2.71. The molecule has 27 heavy (non-hydrogen) atoms. The van der Waals surface area contributed by atoms with E-state index in [0.29, 0.717) is 16.0 Å². The Balaban J connectivity index is 1.49. The maximum atomic E-state index is 6.12. The van der Waals surface area contributed by atoms with Crippen molar-refractivity contribution in [2.45, 2.75) is 45.4 Å². The summed E-state index contributed by atoms with van der Waals surface area (Å²) in [5.74, 6) is 0.526. The molecule has 2 aromatic carbocycles. The maximum Gasteiger partial charge on any atom is 0.493 e. The Bertz CT molecular complexity index is 713. The summed E-state index contributed by atoms with van der Waals surface area (Å²) in [6, 6.07) is 14.0. The molecule has 0 unspecified atom stereocenters. The van der Waals surface area contributed by atoms with Crippen molar-refractivity contribution < 1.29 is 9.31 Å². The standard InChI is InChI=1S/C22H27BCl2O2/c1-2-3-4-5-6-7-17-15-26-23(27-16-17)20-11-8-18(9-12-20)19-10-13-21(24)22(25)14-19/h8-14,17H,2-7,15-16H2,1H3. The Morgan fingerprint density at radius 3 is 2.19 bits per heavy atom. The molecule has 1 aliphatic rings. The van der Waals surface area contributed by atoms with Crippen molar-refractivity contribution >= 4 is 35.8 Å². The Kier molecular flexibility index (Phi) is 8.08. The highest BCUT2D eigenvalue weighted by atomic mass is 35.5. The van der Waals surface area contributed by atoms with Crippen molar-refractivity contribution in [1.29, 1.82) is 0 Å². The molecule has 0 bridgehead atoms. The molecular formula is C22H27BCl2O2. The molecule has 0 N–H and O–H groups in total. The summed E-state index contributed by atoms with van der Waals surface area (Å²) in [4.78, 5) is 0. The third-order valence-electron chi connectivity index (χ3n) is 5.12. The lowest BCUT2D eigenvalue weighted by molar-refractivity contribution is 0.0810. The first-order chi connectivity index (χ1) is 13.2. The number of halogens is 2. The van der Waals surface area contributed by atoms with E-state index in [0.717, 1.165) is 29.8 Å². The van der Waals surface area contributed by atoms with Crippen molar-refractivity contribution in [3.63, 3.8) is 0 Å². The largest absolute Gasteiger partial charge is 0.493 e. The molecule has 2 aromatic rings. The summed E-state index contributed by atoms with van der Waals surface area (Å²) in [5, 5.41) is 1.14. The summed E-state index contributed by atoms with van der Waals surface area (Å²) in [6.07, 6.45) is 7.79. The van der Waals surface area contributed by atoms with Crippen molar-refractivity contribution in [2.24, 2.45) is 5.92 Å². The van der Waals surface area contributed by atoms with E-state index < -0.39 is 0 Å². The molecule has 1 aliphatic heterocycles. The third-order valence-corrected chi connectivity index (χ3v) is 5.86. The Hall–Kier alpha value is -0.995. The van der Waals surface area contributed by atoms with E-state index in [1.807, 2.05) is 18.2 Å². The summed E-state index contributed by atoms with van der Waals surface area (Å²) >= 11 is 12.1. The molecule has 0 aromatic heterocycles. The molecule has 0 amide bonds. The van der Waals surface area contributed by atoms with Gasteiger partial charge in [0.2, 0.25) is 0 Å². The molecule has 2 nitrogen and oxygen atoms in total. The predicted molar refractivity (Wildman–Crippen MR) is 116 cm³/mol. The van der Waals surface area contributed by atoms with Gasteiger partial charge in [0.1, 0.15) is 0 Å². The van der Waals surface area contributed by atoms with E-state index in [1.165, 1.54) is 38.5 Å². The third kappa shape index (κ3) is 5.99. The summed E-state index contributed by atoms with van der Waals surface area (Å²) in [7, 11) is -0.260. The zero-order valence-corrected chi connectivity index (χ0v) is 17.4. The highest BCUT2D eigenvalue weighted by Gasteiger charge is 2.28. The van der Waals surface area contributed by atoms with Crippen molar-refractivity contribution in [1.82, 2.24) is 0 Å². The van der Waals surface area contributed by atoms with Crippen LogP contribution in [0.5, 0.6) is 0 Å². The molecule has 0 atom stereocenters. The first kappa shape index (κ1) is 20.7. The van der Waals surface area contributed by atoms with Crippen LogP contribution in [0, 0.1) is 5.92 Å². The first-order valence-corrected chi connectivity index (χ1v) is 10.7. The van der Waals surface area contributed by atoms with E-state index in [-0.39, 0.29) is 7.12 Å². The Labute approximate surface area is 173 Å². The SMILES string of the molecule is CCCCCCCC1COB(c2ccc(-c3ccc(Cl)c(Cl)c3)cc2)OC1. The fraction of sp³-hybridized carbons (Fsp3) is 0.455. The molecule has 1 saturated heterocycles. The van der Waals surface area contributed by atoms with Gasteiger partial charge >= 0.3 is 7.12 Å². The van der Waals surface area contributed by atoms with Gasteiger partial charge in [-0.1, -0.05) is 92.6 Å². The first-order valence-electron chi connectivity index (χ1n) is 9.96. The second-order valence-electron chi connectivity index (χ2n) is 7.32. The summed E-state index contributed by atoms with van der Waals surface area (Å²) in [5.41, 5.74) is 3.20. The van der Waals surface area contributed by atoms with Crippen molar-refractivity contribution in [3.8, 4) is 11.1 Å². The molecule has 1 heterocycles. The van der Waals surface area contributed by atoms with Crippen LogP contribution in [0.3, 0.4) is 0 Å². The van der Waals surface area contributed by atoms with Crippen LogP contribution in [-0.2, 0) is 9.31 Å². The van der Waals surface area contributed by atoms with Crippen LogP contribution in [0.2, 0.25) is 10.0 Å². The predicted octanol–water partition coefficient (Wildman–Crippen LogP) is 6.38. The number of hydrogen-bond donors (Lipinski definition) is 0. The summed E-state index contributed by atoms with van der Waals surface area (Å²) in [6.45, 7) is 3.82. The van der Waals surface area contributed by atoms with Gasteiger partial charge in [0.05, 0.1) is 10.0 Å². The molecule has 5 heteroatoms. The molecule has 1 fully saturated rings. The van der Waals surface area contributed by atoms with Crippen LogP contribution in [0.15, 0.2) is 42.5 Å². The van der Waals surface area contributed by atoms with Crippen LogP contribution < -0.4 is 5.46 Å². The fourth-order valence-corrected chi connectivity index (χ4v) is 3.75. The number of hydrogen-bond acceptors (Lipinski definition) is 2. The van der Waals surface area contributed by atoms with E-state index >= 15 is 0 Å². The van der Waals surface area contributed by atoms with E-state index in [9.17, 15) is 0 Å². The van der Waals surface area contributed by atoms with Crippen LogP contribution in [-0.4, -0.2) is 20.3 Å². The summed E-state index contributed by atoms with van der Waals surface area (Å²) < 4.78 is 11.9. The lowest BCUT2D eigenvalue weighted by atomic mass is 9.76. The van der Waals surface area contributed by atoms with Gasteiger partial charge in [0.15, 0.2) is 0 Å². The van der Waals surface area contributed by atoms with Gasteiger partial charge in [0.25, 0.3) is 0 Å². The monoisotopic (exact) mass is 404 g/mol. The fourth-order valence-electron chi connectivity index (χ4n) is 3.45. The molecule has 3 rings (SSSR count). The zero-order valence-electron chi connectivity index (χ0n) is 15.9. The van der Waals surface area contributed by atoms with Gasteiger partial charge < -0.3 is 9.31 Å².